The van der Waals surface area contributed by atoms with Crippen molar-refractivity contribution >= 4 is 16.8 Å². The van der Waals surface area contributed by atoms with Gasteiger partial charge in [-0.2, -0.15) is 0 Å². The second-order valence-corrected chi connectivity index (χ2v) is 4.90. The van der Waals surface area contributed by atoms with Crippen LogP contribution in [0.15, 0.2) is 36.5 Å². The summed E-state index contributed by atoms with van der Waals surface area (Å²) in [6.07, 6.45) is 3.87. The number of hydrogen-bond donors (Lipinski definition) is 2. The highest BCUT2D eigenvalue weighted by Gasteiger charge is 2.17. The Labute approximate surface area is 112 Å². The quantitative estimate of drug-likeness (QED) is 0.859. The maximum Gasteiger partial charge on any atom is 0.253 e. The first kappa shape index (κ1) is 12.1. The van der Waals surface area contributed by atoms with Gasteiger partial charge in [0.05, 0.1) is 11.1 Å². The van der Waals surface area contributed by atoms with Gasteiger partial charge in [-0.05, 0) is 31.5 Å². The number of carbonyl (C=O) groups excluding carboxylic acids is 1. The molecule has 1 fully saturated rings. The van der Waals surface area contributed by atoms with E-state index in [0.717, 1.165) is 36.8 Å². The number of nitrogens with one attached hydrogen (secondary N) is 2. The number of benzene rings is 1. The van der Waals surface area contributed by atoms with Crippen LogP contribution in [0.2, 0.25) is 0 Å². The van der Waals surface area contributed by atoms with Gasteiger partial charge in [0, 0.05) is 24.2 Å². The Bertz CT molecular complexity index is 585. The van der Waals surface area contributed by atoms with E-state index in [-0.39, 0.29) is 11.9 Å². The summed E-state index contributed by atoms with van der Waals surface area (Å²) in [5, 5.41) is 7.38. The van der Waals surface area contributed by atoms with Crippen LogP contribution in [-0.4, -0.2) is 30.0 Å². The van der Waals surface area contributed by atoms with E-state index in [0.29, 0.717) is 5.56 Å². The molecular weight excluding hydrogens is 238 g/mol. The second kappa shape index (κ2) is 5.36. The first-order chi connectivity index (χ1) is 9.34. The van der Waals surface area contributed by atoms with Crippen LogP contribution in [0, 0.1) is 0 Å². The summed E-state index contributed by atoms with van der Waals surface area (Å²) in [6, 6.07) is 9.79. The molecule has 1 aliphatic heterocycles. The van der Waals surface area contributed by atoms with Crippen molar-refractivity contribution in [3.63, 3.8) is 0 Å². The van der Waals surface area contributed by atoms with Gasteiger partial charge in [-0.3, -0.25) is 9.78 Å². The molecule has 1 amide bonds. The van der Waals surface area contributed by atoms with Crippen LogP contribution >= 0.6 is 0 Å². The minimum atomic E-state index is -0.0296. The molecule has 1 unspecified atom stereocenters. The number of piperidine rings is 1. The fourth-order valence-electron chi connectivity index (χ4n) is 2.53. The number of carbonyl (C=O) groups is 1. The summed E-state index contributed by atoms with van der Waals surface area (Å²) in [4.78, 5) is 16.7. The van der Waals surface area contributed by atoms with Crippen LogP contribution in [-0.2, 0) is 0 Å². The summed E-state index contributed by atoms with van der Waals surface area (Å²) in [5.74, 6) is -0.0296. The SMILES string of the molecule is O=C(NC1CCCNC1)c1cccc2cccnc12. The maximum atomic E-state index is 12.3. The van der Waals surface area contributed by atoms with Crippen molar-refractivity contribution in [2.45, 2.75) is 18.9 Å². The van der Waals surface area contributed by atoms with Crippen LogP contribution in [0.3, 0.4) is 0 Å². The molecule has 4 heteroatoms. The van der Waals surface area contributed by atoms with Crippen LogP contribution in [0.1, 0.15) is 23.2 Å². The number of rotatable bonds is 2. The minimum absolute atomic E-state index is 0.0296. The van der Waals surface area contributed by atoms with E-state index in [1.165, 1.54) is 0 Å². The number of nitrogens with zero attached hydrogens (tertiary/aromatic N) is 1. The first-order valence-electron chi connectivity index (χ1n) is 6.70. The second-order valence-electron chi connectivity index (χ2n) is 4.90. The smallest absolute Gasteiger partial charge is 0.253 e. The van der Waals surface area contributed by atoms with E-state index in [1.807, 2.05) is 30.3 Å². The Hall–Kier alpha value is -1.94. The van der Waals surface area contributed by atoms with Crippen LogP contribution in [0.4, 0.5) is 0 Å². The Morgan fingerprint density at radius 3 is 3.05 bits per heavy atom. The number of amides is 1. The van der Waals surface area contributed by atoms with Gasteiger partial charge in [0.1, 0.15) is 0 Å². The molecule has 0 saturated carbocycles. The zero-order valence-corrected chi connectivity index (χ0v) is 10.7. The van der Waals surface area contributed by atoms with Gasteiger partial charge in [-0.15, -0.1) is 0 Å². The largest absolute Gasteiger partial charge is 0.348 e. The number of pyridine rings is 1. The van der Waals surface area contributed by atoms with E-state index in [4.69, 9.17) is 0 Å². The molecule has 0 bridgehead atoms. The lowest BCUT2D eigenvalue weighted by Crippen LogP contribution is -2.45. The molecule has 2 N–H and O–H groups in total. The van der Waals surface area contributed by atoms with Crippen molar-refractivity contribution in [3.05, 3.63) is 42.1 Å². The van der Waals surface area contributed by atoms with Gasteiger partial charge < -0.3 is 10.6 Å². The number of hydrogen-bond acceptors (Lipinski definition) is 3. The molecule has 0 radical (unpaired) electrons. The maximum absolute atomic E-state index is 12.3. The Balaban J connectivity index is 1.85. The molecule has 1 aromatic heterocycles. The monoisotopic (exact) mass is 255 g/mol. The summed E-state index contributed by atoms with van der Waals surface area (Å²) in [7, 11) is 0. The Morgan fingerprint density at radius 2 is 2.21 bits per heavy atom. The fraction of sp³-hybridized carbons (Fsp3) is 0.333. The summed E-state index contributed by atoms with van der Waals surface area (Å²) < 4.78 is 0. The molecule has 2 aromatic rings. The summed E-state index contributed by atoms with van der Waals surface area (Å²) in [5.41, 5.74) is 1.43. The van der Waals surface area contributed by atoms with Gasteiger partial charge in [0.15, 0.2) is 0 Å². The van der Waals surface area contributed by atoms with Crippen molar-refractivity contribution in [1.82, 2.24) is 15.6 Å². The number of fused-ring (bicyclic) bond motifs is 1. The van der Waals surface area contributed by atoms with E-state index in [2.05, 4.69) is 15.6 Å². The molecule has 4 nitrogen and oxygen atoms in total. The van der Waals surface area contributed by atoms with E-state index in [9.17, 15) is 4.79 Å². The lowest BCUT2D eigenvalue weighted by Gasteiger charge is -2.23. The first-order valence-corrected chi connectivity index (χ1v) is 6.70. The van der Waals surface area contributed by atoms with Crippen molar-refractivity contribution in [2.24, 2.45) is 0 Å². The number of aromatic nitrogens is 1. The third-order valence-electron chi connectivity index (χ3n) is 3.51. The lowest BCUT2D eigenvalue weighted by atomic mass is 10.1. The minimum Gasteiger partial charge on any atom is -0.348 e. The molecular formula is C15H17N3O. The topological polar surface area (TPSA) is 54.0 Å². The molecule has 0 spiro atoms. The third kappa shape index (κ3) is 2.58. The van der Waals surface area contributed by atoms with Crippen LogP contribution in [0.5, 0.6) is 0 Å². The fourth-order valence-corrected chi connectivity index (χ4v) is 2.53. The van der Waals surface area contributed by atoms with Gasteiger partial charge in [0.2, 0.25) is 0 Å². The molecule has 1 aliphatic rings. The van der Waals surface area contributed by atoms with E-state index < -0.39 is 0 Å². The zero-order valence-electron chi connectivity index (χ0n) is 10.7. The molecule has 1 saturated heterocycles. The van der Waals surface area contributed by atoms with Crippen molar-refractivity contribution < 1.29 is 4.79 Å². The summed E-state index contributed by atoms with van der Waals surface area (Å²) in [6.45, 7) is 1.89. The highest BCUT2D eigenvalue weighted by atomic mass is 16.1. The van der Waals surface area contributed by atoms with Crippen LogP contribution in [0.25, 0.3) is 10.9 Å². The van der Waals surface area contributed by atoms with Crippen LogP contribution < -0.4 is 10.6 Å². The standard InChI is InChI=1S/C15H17N3O/c19-15(18-12-6-3-8-16-10-12)13-7-1-4-11-5-2-9-17-14(11)13/h1-2,4-5,7,9,12,16H,3,6,8,10H2,(H,18,19). The lowest BCUT2D eigenvalue weighted by molar-refractivity contribution is 0.0932. The third-order valence-corrected chi connectivity index (χ3v) is 3.51. The zero-order chi connectivity index (χ0) is 13.1. The van der Waals surface area contributed by atoms with E-state index in [1.54, 1.807) is 6.20 Å². The van der Waals surface area contributed by atoms with Gasteiger partial charge in [-0.25, -0.2) is 0 Å². The summed E-state index contributed by atoms with van der Waals surface area (Å²) >= 11 is 0. The predicted molar refractivity (Wildman–Crippen MR) is 75.1 cm³/mol. The average molecular weight is 255 g/mol. The predicted octanol–water partition coefficient (Wildman–Crippen LogP) is 1.72. The Kier molecular flexibility index (Phi) is 3.42. The van der Waals surface area contributed by atoms with Gasteiger partial charge >= 0.3 is 0 Å². The van der Waals surface area contributed by atoms with Crippen molar-refractivity contribution in [2.75, 3.05) is 13.1 Å². The van der Waals surface area contributed by atoms with Crippen molar-refractivity contribution in [1.29, 1.82) is 0 Å². The number of para-hydroxylation sites is 1. The molecule has 1 atom stereocenters. The molecule has 3 rings (SSSR count). The normalized spacial score (nSPS) is 19.3. The highest BCUT2D eigenvalue weighted by Crippen LogP contribution is 2.16. The highest BCUT2D eigenvalue weighted by molar-refractivity contribution is 6.05. The molecule has 0 aliphatic carbocycles. The van der Waals surface area contributed by atoms with Gasteiger partial charge in [0.25, 0.3) is 5.91 Å². The molecule has 19 heavy (non-hydrogen) atoms. The van der Waals surface area contributed by atoms with E-state index >= 15 is 0 Å². The molecule has 1 aromatic carbocycles. The molecule has 2 heterocycles. The van der Waals surface area contributed by atoms with Gasteiger partial charge in [-0.1, -0.05) is 18.2 Å². The molecule has 98 valence electrons. The Morgan fingerprint density at radius 1 is 1.32 bits per heavy atom. The van der Waals surface area contributed by atoms with Crippen molar-refractivity contribution in [3.8, 4) is 0 Å². The average Bonchev–Trinajstić information content (AvgIpc) is 2.47.